The molecule has 0 aromatic carbocycles. The molecule has 5 nitrogen and oxygen atoms in total. The SMILES string of the molecule is O=C(O)/C=C/c1cnn(CC2CCCOC2)c1. The van der Waals surface area contributed by atoms with E-state index >= 15 is 0 Å². The predicted octanol–water partition coefficient (Wildman–Crippen LogP) is 1.41. The fourth-order valence-corrected chi connectivity index (χ4v) is 1.95. The van der Waals surface area contributed by atoms with E-state index in [-0.39, 0.29) is 0 Å². The van der Waals surface area contributed by atoms with E-state index in [2.05, 4.69) is 5.10 Å². The number of hydrogen-bond donors (Lipinski definition) is 1. The second-order valence-electron chi connectivity index (χ2n) is 4.25. The highest BCUT2D eigenvalue weighted by Crippen LogP contribution is 2.15. The van der Waals surface area contributed by atoms with Gasteiger partial charge < -0.3 is 9.84 Å². The van der Waals surface area contributed by atoms with Crippen molar-refractivity contribution in [2.45, 2.75) is 19.4 Å². The summed E-state index contributed by atoms with van der Waals surface area (Å²) in [6, 6.07) is 0. The molecule has 0 bridgehead atoms. The monoisotopic (exact) mass is 236 g/mol. The van der Waals surface area contributed by atoms with Crippen LogP contribution in [0.25, 0.3) is 6.08 Å². The maximum Gasteiger partial charge on any atom is 0.328 e. The number of hydrogen-bond acceptors (Lipinski definition) is 3. The van der Waals surface area contributed by atoms with Crippen LogP contribution in [0.2, 0.25) is 0 Å². The first-order valence-corrected chi connectivity index (χ1v) is 5.75. The normalized spacial score (nSPS) is 20.8. The van der Waals surface area contributed by atoms with Crippen LogP contribution in [0.4, 0.5) is 0 Å². The number of aromatic nitrogens is 2. The molecule has 1 saturated heterocycles. The molecular formula is C12H16N2O3. The maximum atomic E-state index is 10.4. The second-order valence-corrected chi connectivity index (χ2v) is 4.25. The largest absolute Gasteiger partial charge is 0.478 e. The molecule has 1 aliphatic heterocycles. The van der Waals surface area contributed by atoms with Gasteiger partial charge in [0.1, 0.15) is 0 Å². The summed E-state index contributed by atoms with van der Waals surface area (Å²) in [5.74, 6) is -0.432. The molecule has 2 rings (SSSR count). The Morgan fingerprint density at radius 1 is 1.71 bits per heavy atom. The molecule has 0 aliphatic carbocycles. The fraction of sp³-hybridized carbons (Fsp3) is 0.500. The molecule has 1 atom stereocenters. The highest BCUT2D eigenvalue weighted by atomic mass is 16.5. The smallest absolute Gasteiger partial charge is 0.328 e. The zero-order valence-electron chi connectivity index (χ0n) is 9.58. The van der Waals surface area contributed by atoms with Gasteiger partial charge in [-0.1, -0.05) is 0 Å². The van der Waals surface area contributed by atoms with Crippen LogP contribution in [-0.4, -0.2) is 34.1 Å². The van der Waals surface area contributed by atoms with Gasteiger partial charge in [0, 0.05) is 36.9 Å². The summed E-state index contributed by atoms with van der Waals surface area (Å²) in [7, 11) is 0. The lowest BCUT2D eigenvalue weighted by Gasteiger charge is -2.21. The lowest BCUT2D eigenvalue weighted by atomic mass is 10.0. The van der Waals surface area contributed by atoms with E-state index < -0.39 is 5.97 Å². The highest BCUT2D eigenvalue weighted by molar-refractivity contribution is 5.85. The predicted molar refractivity (Wildman–Crippen MR) is 62.4 cm³/mol. The van der Waals surface area contributed by atoms with Crippen LogP contribution in [0.5, 0.6) is 0 Å². The van der Waals surface area contributed by atoms with E-state index in [4.69, 9.17) is 9.84 Å². The number of carboxylic acid groups (broad SMARTS) is 1. The minimum absolute atomic E-state index is 0.514. The Morgan fingerprint density at radius 2 is 2.59 bits per heavy atom. The van der Waals surface area contributed by atoms with Gasteiger partial charge >= 0.3 is 5.97 Å². The minimum Gasteiger partial charge on any atom is -0.478 e. The molecular weight excluding hydrogens is 220 g/mol. The molecule has 92 valence electrons. The summed E-state index contributed by atoms with van der Waals surface area (Å²) >= 11 is 0. The lowest BCUT2D eigenvalue weighted by Crippen LogP contribution is -2.22. The van der Waals surface area contributed by atoms with Crippen molar-refractivity contribution in [3.05, 3.63) is 24.0 Å². The highest BCUT2D eigenvalue weighted by Gasteiger charge is 2.14. The molecule has 1 fully saturated rings. The molecule has 0 radical (unpaired) electrons. The Balaban J connectivity index is 1.91. The number of ether oxygens (including phenoxy) is 1. The molecule has 2 heterocycles. The van der Waals surface area contributed by atoms with E-state index in [0.29, 0.717) is 5.92 Å². The first-order chi connectivity index (χ1) is 8.24. The summed E-state index contributed by atoms with van der Waals surface area (Å²) in [6.45, 7) is 2.49. The van der Waals surface area contributed by atoms with Crippen LogP contribution in [0.1, 0.15) is 18.4 Å². The van der Waals surface area contributed by atoms with Crippen LogP contribution in [0.3, 0.4) is 0 Å². The van der Waals surface area contributed by atoms with E-state index in [1.807, 2.05) is 10.9 Å². The van der Waals surface area contributed by atoms with Gasteiger partial charge in [-0.15, -0.1) is 0 Å². The van der Waals surface area contributed by atoms with Crippen molar-refractivity contribution in [3.63, 3.8) is 0 Å². The van der Waals surface area contributed by atoms with Crippen molar-refractivity contribution < 1.29 is 14.6 Å². The van der Waals surface area contributed by atoms with Crippen LogP contribution in [0.15, 0.2) is 18.5 Å². The first-order valence-electron chi connectivity index (χ1n) is 5.75. The van der Waals surface area contributed by atoms with E-state index in [0.717, 1.165) is 37.8 Å². The van der Waals surface area contributed by atoms with Gasteiger partial charge in [-0.25, -0.2) is 4.79 Å². The van der Waals surface area contributed by atoms with Crippen molar-refractivity contribution in [2.24, 2.45) is 5.92 Å². The third-order valence-electron chi connectivity index (χ3n) is 2.77. The van der Waals surface area contributed by atoms with Gasteiger partial charge in [0.25, 0.3) is 0 Å². The Labute approximate surface area is 99.7 Å². The molecule has 1 aliphatic rings. The molecule has 0 saturated carbocycles. The van der Waals surface area contributed by atoms with Crippen molar-refractivity contribution in [1.29, 1.82) is 0 Å². The van der Waals surface area contributed by atoms with E-state index in [9.17, 15) is 4.79 Å². The van der Waals surface area contributed by atoms with Crippen molar-refractivity contribution in [3.8, 4) is 0 Å². The molecule has 1 N–H and O–H groups in total. The summed E-state index contributed by atoms with van der Waals surface area (Å²) in [4.78, 5) is 10.4. The molecule has 1 aromatic heterocycles. The van der Waals surface area contributed by atoms with Gasteiger partial charge in [0.05, 0.1) is 12.8 Å². The van der Waals surface area contributed by atoms with Gasteiger partial charge in [-0.2, -0.15) is 5.10 Å². The number of carboxylic acids is 1. The Hall–Kier alpha value is -1.62. The maximum absolute atomic E-state index is 10.4. The van der Waals surface area contributed by atoms with Gasteiger partial charge in [0.2, 0.25) is 0 Å². The zero-order valence-corrected chi connectivity index (χ0v) is 9.58. The molecule has 17 heavy (non-hydrogen) atoms. The van der Waals surface area contributed by atoms with E-state index in [1.54, 1.807) is 12.3 Å². The lowest BCUT2D eigenvalue weighted by molar-refractivity contribution is -0.131. The number of nitrogens with zero attached hydrogens (tertiary/aromatic N) is 2. The Kier molecular flexibility index (Phi) is 3.93. The number of rotatable bonds is 4. The number of carbonyl (C=O) groups is 1. The first kappa shape index (κ1) is 11.9. The minimum atomic E-state index is -0.946. The summed E-state index contributed by atoms with van der Waals surface area (Å²) < 4.78 is 7.26. The van der Waals surface area contributed by atoms with Crippen molar-refractivity contribution in [2.75, 3.05) is 13.2 Å². The van der Waals surface area contributed by atoms with Gasteiger partial charge in [0.15, 0.2) is 0 Å². The fourth-order valence-electron chi connectivity index (χ4n) is 1.95. The van der Waals surface area contributed by atoms with E-state index in [1.165, 1.54) is 6.42 Å². The van der Waals surface area contributed by atoms with Crippen LogP contribution in [0, 0.1) is 5.92 Å². The molecule has 0 spiro atoms. The molecule has 1 aromatic rings. The third kappa shape index (κ3) is 3.71. The zero-order chi connectivity index (χ0) is 12.1. The summed E-state index contributed by atoms with van der Waals surface area (Å²) in [5, 5.41) is 12.7. The van der Waals surface area contributed by atoms with Crippen molar-refractivity contribution >= 4 is 12.0 Å². The average molecular weight is 236 g/mol. The summed E-state index contributed by atoms with van der Waals surface area (Å²) in [5.41, 5.74) is 0.809. The molecule has 0 amide bonds. The third-order valence-corrected chi connectivity index (χ3v) is 2.77. The summed E-state index contributed by atoms with van der Waals surface area (Å²) in [6.07, 6.45) is 8.46. The molecule has 1 unspecified atom stereocenters. The standard InChI is InChI=1S/C12H16N2O3/c15-12(16)4-3-10-6-13-14(7-10)8-11-2-1-5-17-9-11/h3-4,6-7,11H,1-2,5,8-9H2,(H,15,16)/b4-3+. The van der Waals surface area contributed by atoms with Crippen LogP contribution >= 0.6 is 0 Å². The topological polar surface area (TPSA) is 64.3 Å². The number of aliphatic carboxylic acids is 1. The van der Waals surface area contributed by atoms with Crippen molar-refractivity contribution in [1.82, 2.24) is 9.78 Å². The Bertz CT molecular complexity index is 406. The van der Waals surface area contributed by atoms with Crippen LogP contribution < -0.4 is 0 Å². The van der Waals surface area contributed by atoms with Crippen LogP contribution in [-0.2, 0) is 16.1 Å². The Morgan fingerprint density at radius 3 is 3.29 bits per heavy atom. The van der Waals surface area contributed by atoms with Gasteiger partial charge in [-0.3, -0.25) is 4.68 Å². The van der Waals surface area contributed by atoms with Gasteiger partial charge in [-0.05, 0) is 18.9 Å². The second kappa shape index (κ2) is 5.63. The average Bonchev–Trinajstić information content (AvgIpc) is 2.75. The molecule has 5 heteroatoms. The quantitative estimate of drug-likeness (QED) is 0.803.